The molecule has 0 fully saturated rings. The molecule has 2 nitrogen and oxygen atoms in total. The Morgan fingerprint density at radius 1 is 1.06 bits per heavy atom. The van der Waals surface area contributed by atoms with Gasteiger partial charge >= 0.3 is 0 Å². The predicted molar refractivity (Wildman–Crippen MR) is 74.1 cm³/mol. The summed E-state index contributed by atoms with van der Waals surface area (Å²) in [5, 5.41) is 9.28. The average molecular weight is 239 g/mol. The molecule has 1 aliphatic heterocycles. The zero-order valence-electron chi connectivity index (χ0n) is 10.3. The van der Waals surface area contributed by atoms with Crippen molar-refractivity contribution < 1.29 is 5.11 Å². The molecule has 0 radical (unpaired) electrons. The van der Waals surface area contributed by atoms with Gasteiger partial charge in [-0.05, 0) is 42.2 Å². The van der Waals surface area contributed by atoms with E-state index in [0.717, 1.165) is 18.5 Å². The number of nitrogens with zero attached hydrogens (tertiary/aromatic N) is 1. The molecule has 0 atom stereocenters. The van der Waals surface area contributed by atoms with E-state index in [1.54, 1.807) is 0 Å². The molecule has 1 aliphatic rings. The number of hydrogen-bond donors (Lipinski definition) is 1. The number of hydrogen-bond acceptors (Lipinski definition) is 2. The van der Waals surface area contributed by atoms with Crippen LogP contribution in [-0.4, -0.2) is 11.7 Å². The molecule has 1 N–H and O–H groups in total. The van der Waals surface area contributed by atoms with E-state index in [2.05, 4.69) is 41.3 Å². The number of rotatable bonds is 2. The van der Waals surface area contributed by atoms with E-state index in [-0.39, 0.29) is 6.61 Å². The number of para-hydroxylation sites is 1. The van der Waals surface area contributed by atoms with Gasteiger partial charge in [0, 0.05) is 17.9 Å². The Labute approximate surface area is 107 Å². The largest absolute Gasteiger partial charge is 0.392 e. The van der Waals surface area contributed by atoms with E-state index in [1.165, 1.54) is 23.4 Å². The number of aliphatic hydroxyl groups excluding tert-OH is 1. The summed E-state index contributed by atoms with van der Waals surface area (Å²) in [6.07, 6.45) is 2.31. The summed E-state index contributed by atoms with van der Waals surface area (Å²) in [6.45, 7) is 1.15. The highest BCUT2D eigenvalue weighted by Crippen LogP contribution is 2.33. The summed E-state index contributed by atoms with van der Waals surface area (Å²) >= 11 is 0. The van der Waals surface area contributed by atoms with Gasteiger partial charge in [-0.3, -0.25) is 0 Å². The highest BCUT2D eigenvalue weighted by Gasteiger charge is 2.18. The Bertz CT molecular complexity index is 536. The summed E-state index contributed by atoms with van der Waals surface area (Å²) in [5.41, 5.74) is 4.84. The van der Waals surface area contributed by atoms with E-state index in [0.29, 0.717) is 0 Å². The maximum absolute atomic E-state index is 9.28. The maximum atomic E-state index is 9.28. The highest BCUT2D eigenvalue weighted by atomic mass is 16.3. The lowest BCUT2D eigenvalue weighted by Gasteiger charge is -2.31. The molecule has 92 valence electrons. The first-order chi connectivity index (χ1) is 8.88. The minimum Gasteiger partial charge on any atom is -0.392 e. The second kappa shape index (κ2) is 4.83. The molecule has 0 unspecified atom stereocenters. The van der Waals surface area contributed by atoms with Crippen LogP contribution in [0.15, 0.2) is 48.5 Å². The zero-order chi connectivity index (χ0) is 12.4. The van der Waals surface area contributed by atoms with Gasteiger partial charge in [-0.25, -0.2) is 0 Å². The monoisotopic (exact) mass is 239 g/mol. The molecule has 0 bridgehead atoms. The van der Waals surface area contributed by atoms with E-state index < -0.39 is 0 Å². The standard InChI is InChI=1S/C16H17NO/c18-12-13-8-9-14-5-4-10-17(16(14)11-13)15-6-2-1-3-7-15/h1-3,6-9,11,18H,4-5,10,12H2. The van der Waals surface area contributed by atoms with Crippen LogP contribution in [0, 0.1) is 0 Å². The van der Waals surface area contributed by atoms with Gasteiger partial charge in [0.15, 0.2) is 0 Å². The van der Waals surface area contributed by atoms with Gasteiger partial charge in [-0.2, -0.15) is 0 Å². The third-order valence-electron chi connectivity index (χ3n) is 3.52. The SMILES string of the molecule is OCc1ccc2c(c1)N(c1ccccc1)CCC2. The summed E-state index contributed by atoms with van der Waals surface area (Å²) in [7, 11) is 0. The lowest BCUT2D eigenvalue weighted by Crippen LogP contribution is -2.24. The molecule has 0 saturated heterocycles. The Morgan fingerprint density at radius 2 is 1.89 bits per heavy atom. The zero-order valence-corrected chi connectivity index (χ0v) is 10.3. The third-order valence-corrected chi connectivity index (χ3v) is 3.52. The second-order valence-corrected chi connectivity index (χ2v) is 4.71. The molecule has 2 heteroatoms. The van der Waals surface area contributed by atoms with Crippen LogP contribution >= 0.6 is 0 Å². The topological polar surface area (TPSA) is 23.5 Å². The molecule has 2 aromatic carbocycles. The van der Waals surface area contributed by atoms with Gasteiger partial charge in [0.05, 0.1) is 6.61 Å². The molecular weight excluding hydrogens is 222 g/mol. The normalized spacial score (nSPS) is 14.4. The quantitative estimate of drug-likeness (QED) is 0.869. The average Bonchev–Trinajstić information content (AvgIpc) is 2.47. The Morgan fingerprint density at radius 3 is 2.67 bits per heavy atom. The fourth-order valence-corrected chi connectivity index (χ4v) is 2.59. The fraction of sp³-hybridized carbons (Fsp3) is 0.250. The Kier molecular flexibility index (Phi) is 3.03. The van der Waals surface area contributed by atoms with Crippen molar-refractivity contribution >= 4 is 11.4 Å². The van der Waals surface area contributed by atoms with Gasteiger partial charge in [0.25, 0.3) is 0 Å². The van der Waals surface area contributed by atoms with E-state index in [9.17, 15) is 5.11 Å². The van der Waals surface area contributed by atoms with Crippen LogP contribution in [0.4, 0.5) is 11.4 Å². The second-order valence-electron chi connectivity index (χ2n) is 4.71. The van der Waals surface area contributed by atoms with Crippen LogP contribution in [0.5, 0.6) is 0 Å². The highest BCUT2D eigenvalue weighted by molar-refractivity contribution is 5.68. The van der Waals surface area contributed by atoms with Crippen molar-refractivity contribution in [1.29, 1.82) is 0 Å². The van der Waals surface area contributed by atoms with E-state index in [4.69, 9.17) is 0 Å². The van der Waals surface area contributed by atoms with Crippen molar-refractivity contribution in [3.05, 3.63) is 59.7 Å². The van der Waals surface area contributed by atoms with Gasteiger partial charge in [0.1, 0.15) is 0 Å². The van der Waals surface area contributed by atoms with Crippen LogP contribution < -0.4 is 4.90 Å². The summed E-state index contributed by atoms with van der Waals surface area (Å²) in [4.78, 5) is 2.35. The van der Waals surface area contributed by atoms with Crippen molar-refractivity contribution in [2.75, 3.05) is 11.4 Å². The minimum absolute atomic E-state index is 0.107. The summed E-state index contributed by atoms with van der Waals surface area (Å²) in [6, 6.07) is 16.7. The molecule has 2 aromatic rings. The van der Waals surface area contributed by atoms with Crippen molar-refractivity contribution in [1.82, 2.24) is 0 Å². The summed E-state index contributed by atoms with van der Waals surface area (Å²) in [5.74, 6) is 0. The fourth-order valence-electron chi connectivity index (χ4n) is 2.59. The number of anilines is 2. The third kappa shape index (κ3) is 2.00. The molecule has 0 amide bonds. The first kappa shape index (κ1) is 11.3. The van der Waals surface area contributed by atoms with Crippen molar-refractivity contribution in [3.63, 3.8) is 0 Å². The smallest absolute Gasteiger partial charge is 0.0682 e. The molecule has 1 heterocycles. The van der Waals surface area contributed by atoms with Crippen molar-refractivity contribution in [3.8, 4) is 0 Å². The van der Waals surface area contributed by atoms with Gasteiger partial charge in [0.2, 0.25) is 0 Å². The maximum Gasteiger partial charge on any atom is 0.0682 e. The van der Waals surface area contributed by atoms with Crippen LogP contribution in [0.3, 0.4) is 0 Å². The molecular formula is C16H17NO. The summed E-state index contributed by atoms with van der Waals surface area (Å²) < 4.78 is 0. The van der Waals surface area contributed by atoms with Crippen LogP contribution in [0.2, 0.25) is 0 Å². The number of aliphatic hydroxyl groups is 1. The molecule has 0 spiro atoms. The van der Waals surface area contributed by atoms with Gasteiger partial charge in [-0.1, -0.05) is 30.3 Å². The molecule has 3 rings (SSSR count). The Hall–Kier alpha value is -1.80. The number of aryl methyl sites for hydroxylation is 1. The van der Waals surface area contributed by atoms with Gasteiger partial charge < -0.3 is 10.0 Å². The lowest BCUT2D eigenvalue weighted by molar-refractivity contribution is 0.282. The molecule has 0 aromatic heterocycles. The molecule has 0 saturated carbocycles. The van der Waals surface area contributed by atoms with Gasteiger partial charge in [-0.15, -0.1) is 0 Å². The first-order valence-electron chi connectivity index (χ1n) is 6.44. The number of benzene rings is 2. The van der Waals surface area contributed by atoms with Crippen molar-refractivity contribution in [2.45, 2.75) is 19.4 Å². The van der Waals surface area contributed by atoms with E-state index in [1.807, 2.05) is 12.1 Å². The minimum atomic E-state index is 0.107. The molecule has 0 aliphatic carbocycles. The Balaban J connectivity index is 2.05. The van der Waals surface area contributed by atoms with E-state index >= 15 is 0 Å². The lowest BCUT2D eigenvalue weighted by atomic mass is 9.99. The first-order valence-corrected chi connectivity index (χ1v) is 6.44. The van der Waals surface area contributed by atoms with Crippen LogP contribution in [0.1, 0.15) is 17.5 Å². The van der Waals surface area contributed by atoms with Crippen LogP contribution in [0.25, 0.3) is 0 Å². The predicted octanol–water partition coefficient (Wildman–Crippen LogP) is 3.26. The number of fused-ring (bicyclic) bond motifs is 1. The van der Waals surface area contributed by atoms with Crippen LogP contribution in [-0.2, 0) is 13.0 Å². The molecule has 18 heavy (non-hydrogen) atoms. The van der Waals surface area contributed by atoms with Crippen molar-refractivity contribution in [2.24, 2.45) is 0 Å².